The van der Waals surface area contributed by atoms with Gasteiger partial charge in [-0.25, -0.2) is 4.79 Å². The van der Waals surface area contributed by atoms with Crippen LogP contribution in [0, 0.1) is 11.3 Å². The minimum absolute atomic E-state index is 0.0991. The molecule has 0 radical (unpaired) electrons. The summed E-state index contributed by atoms with van der Waals surface area (Å²) in [7, 11) is 0. The molecule has 3 aliphatic rings. The van der Waals surface area contributed by atoms with Gasteiger partial charge in [-0.15, -0.1) is 0 Å². The first-order chi connectivity index (χ1) is 14.9. The van der Waals surface area contributed by atoms with Crippen LogP contribution in [0.4, 0.5) is 10.5 Å². The van der Waals surface area contributed by atoms with Gasteiger partial charge in [0.05, 0.1) is 0 Å². The normalized spacial score (nSPS) is 21.4. The predicted molar refractivity (Wildman–Crippen MR) is 120 cm³/mol. The molecule has 1 N–H and O–H groups in total. The molecule has 1 atom stereocenters. The van der Waals surface area contributed by atoms with Gasteiger partial charge in [0.2, 0.25) is 5.91 Å². The van der Waals surface area contributed by atoms with Crippen molar-refractivity contribution in [3.8, 4) is 0 Å². The predicted octanol–water partition coefficient (Wildman–Crippen LogP) is 4.29. The van der Waals surface area contributed by atoms with Crippen molar-refractivity contribution >= 4 is 23.2 Å². The Kier molecular flexibility index (Phi) is 4.80. The highest BCUT2D eigenvalue weighted by atomic mass is 16.2. The Balaban J connectivity index is 1.17. The minimum atomic E-state index is -0.0991. The van der Waals surface area contributed by atoms with Crippen LogP contribution >= 0.6 is 0 Å². The van der Waals surface area contributed by atoms with E-state index in [0.29, 0.717) is 25.5 Å². The standard InChI is InChI=1S/C25H28N4O2/c1-25(2)13-22(25)23(30)28-11-8-18(9-12-28)17-3-5-21(6-4-17)27-24(31)29-15-19-7-10-26-14-20(19)16-29/h3-8,10,14,22H,9,11-13,15-16H2,1-2H3,(H,27,31). The van der Waals surface area contributed by atoms with E-state index in [1.54, 1.807) is 11.1 Å². The summed E-state index contributed by atoms with van der Waals surface area (Å²) in [5.41, 5.74) is 5.64. The Labute approximate surface area is 183 Å². The molecule has 160 valence electrons. The van der Waals surface area contributed by atoms with Crippen molar-refractivity contribution in [3.05, 3.63) is 65.5 Å². The van der Waals surface area contributed by atoms with Gasteiger partial charge in [0.1, 0.15) is 0 Å². The second-order valence-corrected chi connectivity index (χ2v) is 9.52. The fraction of sp³-hybridized carbons (Fsp3) is 0.400. The molecule has 2 aromatic rings. The summed E-state index contributed by atoms with van der Waals surface area (Å²) >= 11 is 0. The van der Waals surface area contributed by atoms with Gasteiger partial charge in [-0.2, -0.15) is 0 Å². The SMILES string of the molecule is CC1(C)CC1C(=O)N1CC=C(c2ccc(NC(=O)N3Cc4ccncc4C3)cc2)CC1. The lowest BCUT2D eigenvalue weighted by atomic mass is 9.98. The lowest BCUT2D eigenvalue weighted by Gasteiger charge is -2.27. The van der Waals surface area contributed by atoms with Gasteiger partial charge in [0.25, 0.3) is 0 Å². The number of hydrogen-bond acceptors (Lipinski definition) is 3. The van der Waals surface area contributed by atoms with E-state index in [0.717, 1.165) is 41.8 Å². The molecule has 0 bridgehead atoms. The second kappa shape index (κ2) is 7.52. The summed E-state index contributed by atoms with van der Waals surface area (Å²) in [4.78, 5) is 33.1. The highest BCUT2D eigenvalue weighted by Gasteiger charge is 2.51. The fourth-order valence-electron chi connectivity index (χ4n) is 4.57. The number of carbonyl (C=O) groups is 2. The first kappa shape index (κ1) is 19.8. The lowest BCUT2D eigenvalue weighted by Crippen LogP contribution is -2.36. The summed E-state index contributed by atoms with van der Waals surface area (Å²) in [6.45, 7) is 7.00. The number of benzene rings is 1. The van der Waals surface area contributed by atoms with Gasteiger partial charge in [0.15, 0.2) is 0 Å². The number of amides is 3. The van der Waals surface area contributed by atoms with Crippen molar-refractivity contribution in [1.82, 2.24) is 14.8 Å². The molecular weight excluding hydrogens is 388 g/mol. The van der Waals surface area contributed by atoms with E-state index in [4.69, 9.17) is 0 Å². The summed E-state index contributed by atoms with van der Waals surface area (Å²) in [5.74, 6) is 0.503. The van der Waals surface area contributed by atoms with Gasteiger partial charge in [-0.05, 0) is 58.7 Å². The van der Waals surface area contributed by atoms with Crippen molar-refractivity contribution in [2.45, 2.75) is 39.8 Å². The molecule has 1 saturated carbocycles. The third kappa shape index (κ3) is 3.94. The number of fused-ring (bicyclic) bond motifs is 1. The van der Waals surface area contributed by atoms with Gasteiger partial charge in [0, 0.05) is 50.2 Å². The van der Waals surface area contributed by atoms with Crippen LogP contribution in [0.5, 0.6) is 0 Å². The number of hydrogen-bond donors (Lipinski definition) is 1. The monoisotopic (exact) mass is 416 g/mol. The molecule has 6 nitrogen and oxygen atoms in total. The average molecular weight is 417 g/mol. The first-order valence-electron chi connectivity index (χ1n) is 11.0. The van der Waals surface area contributed by atoms with E-state index >= 15 is 0 Å². The van der Waals surface area contributed by atoms with Crippen molar-refractivity contribution in [1.29, 1.82) is 0 Å². The van der Waals surface area contributed by atoms with Crippen LogP contribution in [-0.2, 0) is 17.9 Å². The molecule has 2 aliphatic heterocycles. The quantitative estimate of drug-likeness (QED) is 0.812. The van der Waals surface area contributed by atoms with Crippen LogP contribution in [0.1, 0.15) is 43.4 Å². The molecule has 3 heterocycles. The number of carbonyl (C=O) groups excluding carboxylic acids is 2. The first-order valence-corrected chi connectivity index (χ1v) is 11.0. The summed E-state index contributed by atoms with van der Waals surface area (Å²) in [6.07, 6.45) is 7.63. The zero-order valence-electron chi connectivity index (χ0n) is 18.1. The zero-order chi connectivity index (χ0) is 21.6. The van der Waals surface area contributed by atoms with Gasteiger partial charge < -0.3 is 15.1 Å². The molecule has 3 amide bonds. The topological polar surface area (TPSA) is 65.5 Å². The molecule has 1 aromatic heterocycles. The third-order valence-electron chi connectivity index (χ3n) is 6.85. The smallest absolute Gasteiger partial charge is 0.322 e. The van der Waals surface area contributed by atoms with Crippen LogP contribution in [-0.4, -0.2) is 39.8 Å². The van der Waals surface area contributed by atoms with Gasteiger partial charge >= 0.3 is 6.03 Å². The summed E-state index contributed by atoms with van der Waals surface area (Å²) in [5, 5.41) is 2.99. The van der Waals surface area contributed by atoms with Crippen LogP contribution in [0.2, 0.25) is 0 Å². The van der Waals surface area contributed by atoms with Crippen molar-refractivity contribution in [2.75, 3.05) is 18.4 Å². The number of nitrogens with one attached hydrogen (secondary N) is 1. The molecule has 0 spiro atoms. The Bertz CT molecular complexity index is 1030. The molecule has 31 heavy (non-hydrogen) atoms. The van der Waals surface area contributed by atoms with Crippen LogP contribution in [0.15, 0.2) is 48.8 Å². The maximum Gasteiger partial charge on any atom is 0.322 e. The number of nitrogens with zero attached hydrogens (tertiary/aromatic N) is 3. The Morgan fingerprint density at radius 1 is 1.06 bits per heavy atom. The maximum absolute atomic E-state index is 12.6. The summed E-state index contributed by atoms with van der Waals surface area (Å²) < 4.78 is 0. The number of aromatic nitrogens is 1. The Morgan fingerprint density at radius 2 is 1.81 bits per heavy atom. The number of anilines is 1. The van der Waals surface area contributed by atoms with Crippen LogP contribution in [0.3, 0.4) is 0 Å². The molecule has 5 rings (SSSR count). The highest BCUT2D eigenvalue weighted by Crippen LogP contribution is 2.52. The molecule has 1 unspecified atom stereocenters. The average Bonchev–Trinajstić information content (AvgIpc) is 3.21. The van der Waals surface area contributed by atoms with Crippen LogP contribution < -0.4 is 5.32 Å². The second-order valence-electron chi connectivity index (χ2n) is 9.52. The number of urea groups is 1. The van der Waals surface area contributed by atoms with E-state index < -0.39 is 0 Å². The van der Waals surface area contributed by atoms with Crippen LogP contribution in [0.25, 0.3) is 5.57 Å². The van der Waals surface area contributed by atoms with Gasteiger partial charge in [-0.1, -0.05) is 32.1 Å². The molecule has 1 fully saturated rings. The molecular formula is C25H28N4O2. The molecule has 0 saturated heterocycles. The molecule has 1 aromatic carbocycles. The Morgan fingerprint density at radius 3 is 2.45 bits per heavy atom. The van der Waals surface area contributed by atoms with Crippen molar-refractivity contribution in [3.63, 3.8) is 0 Å². The number of rotatable bonds is 3. The van der Waals surface area contributed by atoms with Gasteiger partial charge in [-0.3, -0.25) is 9.78 Å². The van der Waals surface area contributed by atoms with E-state index in [9.17, 15) is 9.59 Å². The molecule has 6 heteroatoms. The number of pyridine rings is 1. The minimum Gasteiger partial charge on any atom is -0.338 e. The third-order valence-corrected chi connectivity index (χ3v) is 6.85. The molecule has 1 aliphatic carbocycles. The van der Waals surface area contributed by atoms with E-state index in [1.165, 1.54) is 5.57 Å². The largest absolute Gasteiger partial charge is 0.338 e. The highest BCUT2D eigenvalue weighted by molar-refractivity contribution is 5.90. The fourth-order valence-corrected chi connectivity index (χ4v) is 4.57. The van der Waals surface area contributed by atoms with E-state index in [1.807, 2.05) is 41.4 Å². The Hall–Kier alpha value is -3.15. The summed E-state index contributed by atoms with van der Waals surface area (Å²) in [6, 6.07) is 9.86. The zero-order valence-corrected chi connectivity index (χ0v) is 18.1. The van der Waals surface area contributed by atoms with E-state index in [-0.39, 0.29) is 17.4 Å². The maximum atomic E-state index is 12.6. The van der Waals surface area contributed by atoms with E-state index in [2.05, 4.69) is 30.2 Å². The van der Waals surface area contributed by atoms with Crippen molar-refractivity contribution in [2.24, 2.45) is 11.3 Å². The lowest BCUT2D eigenvalue weighted by molar-refractivity contribution is -0.132. The van der Waals surface area contributed by atoms with Crippen molar-refractivity contribution < 1.29 is 9.59 Å².